The summed E-state index contributed by atoms with van der Waals surface area (Å²) in [5.74, 6) is 0. The van der Waals surface area contributed by atoms with Gasteiger partial charge < -0.3 is 0 Å². The Hall–Kier alpha value is -1.34. The van der Waals surface area contributed by atoms with Crippen LogP contribution in [0.1, 0.15) is 24.0 Å². The predicted molar refractivity (Wildman–Crippen MR) is 81.6 cm³/mol. The molecule has 0 spiro atoms. The van der Waals surface area contributed by atoms with Crippen molar-refractivity contribution in [3.63, 3.8) is 0 Å². The fourth-order valence-corrected chi connectivity index (χ4v) is 3.27. The van der Waals surface area contributed by atoms with E-state index in [-0.39, 0.29) is 0 Å². The Balaban J connectivity index is 2.09. The lowest BCUT2D eigenvalue weighted by molar-refractivity contribution is 0.984. The molecular weight excluding hydrogens is 284 g/mol. The number of hydrogen-bond acceptors (Lipinski definition) is 0. The van der Waals surface area contributed by atoms with Gasteiger partial charge in [0.2, 0.25) is 0 Å². The largest absolute Gasteiger partial charge is 0.0883 e. The quantitative estimate of drug-likeness (QED) is 0.672. The summed E-state index contributed by atoms with van der Waals surface area (Å²) < 4.78 is 0. The van der Waals surface area contributed by atoms with Crippen molar-refractivity contribution in [3.05, 3.63) is 71.8 Å². The minimum Gasteiger partial charge on any atom is -0.0883 e. The van der Waals surface area contributed by atoms with Gasteiger partial charge in [-0.05, 0) is 35.1 Å². The topological polar surface area (TPSA) is 0 Å². The molecule has 90 valence electrons. The summed E-state index contributed by atoms with van der Waals surface area (Å²) in [6.45, 7) is 0. The molecule has 1 heteroatoms. The molecule has 0 amide bonds. The highest BCUT2D eigenvalue weighted by Gasteiger charge is 2.23. The monoisotopic (exact) mass is 298 g/mol. The Morgan fingerprint density at radius 1 is 0.667 bits per heavy atom. The normalized spacial score (nSPS) is 16.3. The average molecular weight is 299 g/mol. The SMILES string of the molecule is BrC1CC(c2ccccc2)=C(c2ccccc2)C1. The second-order valence-corrected chi connectivity index (χ2v) is 5.99. The molecule has 1 aliphatic carbocycles. The van der Waals surface area contributed by atoms with Gasteiger partial charge in [-0.1, -0.05) is 76.6 Å². The molecule has 0 fully saturated rings. The molecule has 1 aliphatic rings. The van der Waals surface area contributed by atoms with E-state index in [0.29, 0.717) is 4.83 Å². The summed E-state index contributed by atoms with van der Waals surface area (Å²) in [7, 11) is 0. The maximum atomic E-state index is 3.77. The lowest BCUT2D eigenvalue weighted by Crippen LogP contribution is -1.88. The van der Waals surface area contributed by atoms with Crippen LogP contribution in [0.4, 0.5) is 0 Å². The first-order valence-corrected chi connectivity index (χ1v) is 7.23. The minimum atomic E-state index is 0.572. The molecular formula is C17H15Br. The second kappa shape index (κ2) is 5.11. The Morgan fingerprint density at radius 2 is 1.06 bits per heavy atom. The molecule has 0 radical (unpaired) electrons. The summed E-state index contributed by atoms with van der Waals surface area (Å²) in [5.41, 5.74) is 5.70. The van der Waals surface area contributed by atoms with Gasteiger partial charge in [-0.2, -0.15) is 0 Å². The Morgan fingerprint density at radius 3 is 1.44 bits per heavy atom. The van der Waals surface area contributed by atoms with E-state index in [0.717, 1.165) is 12.8 Å². The van der Waals surface area contributed by atoms with Crippen LogP contribution >= 0.6 is 15.9 Å². The maximum Gasteiger partial charge on any atom is 0.0227 e. The highest BCUT2D eigenvalue weighted by atomic mass is 79.9. The zero-order valence-corrected chi connectivity index (χ0v) is 11.7. The van der Waals surface area contributed by atoms with Crippen molar-refractivity contribution < 1.29 is 0 Å². The predicted octanol–water partition coefficient (Wildman–Crippen LogP) is 5.15. The van der Waals surface area contributed by atoms with Gasteiger partial charge in [-0.15, -0.1) is 0 Å². The smallest absolute Gasteiger partial charge is 0.0227 e. The van der Waals surface area contributed by atoms with Crippen LogP contribution in [0.3, 0.4) is 0 Å². The molecule has 3 rings (SSSR count). The standard InChI is InChI=1S/C17H15Br/c18-15-11-16(13-7-3-1-4-8-13)17(12-15)14-9-5-2-6-10-14/h1-10,15H,11-12H2. The van der Waals surface area contributed by atoms with Crippen LogP contribution in [-0.2, 0) is 0 Å². The van der Waals surface area contributed by atoms with Crippen molar-refractivity contribution in [2.45, 2.75) is 17.7 Å². The van der Waals surface area contributed by atoms with Gasteiger partial charge in [-0.3, -0.25) is 0 Å². The van der Waals surface area contributed by atoms with Crippen LogP contribution in [0.15, 0.2) is 60.7 Å². The third-order valence-electron chi connectivity index (χ3n) is 3.46. The van der Waals surface area contributed by atoms with Crippen molar-refractivity contribution >= 4 is 27.1 Å². The molecule has 0 saturated carbocycles. The molecule has 0 aromatic heterocycles. The van der Waals surface area contributed by atoms with Crippen molar-refractivity contribution in [1.82, 2.24) is 0 Å². The molecule has 0 unspecified atom stereocenters. The molecule has 2 aromatic rings. The Bertz CT molecular complexity index is 503. The number of halogens is 1. The first-order valence-electron chi connectivity index (χ1n) is 6.31. The first kappa shape index (κ1) is 11.7. The van der Waals surface area contributed by atoms with Crippen LogP contribution in [0.2, 0.25) is 0 Å². The van der Waals surface area contributed by atoms with Crippen molar-refractivity contribution in [2.75, 3.05) is 0 Å². The summed E-state index contributed by atoms with van der Waals surface area (Å²) in [5, 5.41) is 0. The van der Waals surface area contributed by atoms with Gasteiger partial charge in [-0.25, -0.2) is 0 Å². The Labute approximate surface area is 116 Å². The maximum absolute atomic E-state index is 3.77. The molecule has 18 heavy (non-hydrogen) atoms. The first-order chi connectivity index (χ1) is 8.84. The van der Waals surface area contributed by atoms with E-state index < -0.39 is 0 Å². The number of hydrogen-bond donors (Lipinski definition) is 0. The van der Waals surface area contributed by atoms with Crippen LogP contribution in [0.25, 0.3) is 11.1 Å². The third-order valence-corrected chi connectivity index (χ3v) is 4.11. The molecule has 2 aromatic carbocycles. The van der Waals surface area contributed by atoms with Crippen LogP contribution in [0.5, 0.6) is 0 Å². The number of benzene rings is 2. The van der Waals surface area contributed by atoms with Crippen molar-refractivity contribution in [3.8, 4) is 0 Å². The molecule has 0 heterocycles. The van der Waals surface area contributed by atoms with Gasteiger partial charge >= 0.3 is 0 Å². The third kappa shape index (κ3) is 2.28. The summed E-state index contributed by atoms with van der Waals surface area (Å²) in [6.07, 6.45) is 2.24. The fraction of sp³-hybridized carbons (Fsp3) is 0.176. The zero-order chi connectivity index (χ0) is 12.4. The molecule has 0 saturated heterocycles. The van der Waals surface area contributed by atoms with Gasteiger partial charge in [0, 0.05) is 4.83 Å². The number of allylic oxidation sites excluding steroid dienone is 2. The minimum absolute atomic E-state index is 0.572. The number of alkyl halides is 1. The lowest BCUT2D eigenvalue weighted by atomic mass is 9.97. The highest BCUT2D eigenvalue weighted by molar-refractivity contribution is 9.09. The van der Waals surface area contributed by atoms with E-state index >= 15 is 0 Å². The van der Waals surface area contributed by atoms with Gasteiger partial charge in [0.25, 0.3) is 0 Å². The van der Waals surface area contributed by atoms with E-state index in [9.17, 15) is 0 Å². The second-order valence-electron chi connectivity index (χ2n) is 4.69. The average Bonchev–Trinajstić information content (AvgIpc) is 2.83. The van der Waals surface area contributed by atoms with Gasteiger partial charge in [0.15, 0.2) is 0 Å². The van der Waals surface area contributed by atoms with Crippen molar-refractivity contribution in [1.29, 1.82) is 0 Å². The van der Waals surface area contributed by atoms with Crippen LogP contribution < -0.4 is 0 Å². The van der Waals surface area contributed by atoms with E-state index in [1.165, 1.54) is 22.3 Å². The summed E-state index contributed by atoms with van der Waals surface area (Å²) >= 11 is 3.77. The lowest BCUT2D eigenvalue weighted by Gasteiger charge is -2.07. The van der Waals surface area contributed by atoms with E-state index in [2.05, 4.69) is 76.6 Å². The van der Waals surface area contributed by atoms with Gasteiger partial charge in [0.1, 0.15) is 0 Å². The number of rotatable bonds is 2. The highest BCUT2D eigenvalue weighted by Crippen LogP contribution is 2.42. The summed E-state index contributed by atoms with van der Waals surface area (Å²) in [6, 6.07) is 21.5. The zero-order valence-electron chi connectivity index (χ0n) is 10.1. The van der Waals surface area contributed by atoms with E-state index in [1.807, 2.05) is 0 Å². The molecule has 0 nitrogen and oxygen atoms in total. The fourth-order valence-electron chi connectivity index (χ4n) is 2.62. The molecule has 0 aliphatic heterocycles. The van der Waals surface area contributed by atoms with Crippen LogP contribution in [-0.4, -0.2) is 4.83 Å². The summed E-state index contributed by atoms with van der Waals surface area (Å²) in [4.78, 5) is 0.572. The van der Waals surface area contributed by atoms with Crippen molar-refractivity contribution in [2.24, 2.45) is 0 Å². The van der Waals surface area contributed by atoms with Crippen LogP contribution in [0, 0.1) is 0 Å². The molecule has 0 atom stereocenters. The van der Waals surface area contributed by atoms with Gasteiger partial charge in [0.05, 0.1) is 0 Å². The molecule has 0 bridgehead atoms. The Kier molecular flexibility index (Phi) is 3.33. The molecule has 0 N–H and O–H groups in total. The van der Waals surface area contributed by atoms with E-state index in [1.54, 1.807) is 0 Å². The van der Waals surface area contributed by atoms with E-state index in [4.69, 9.17) is 0 Å².